The van der Waals surface area contributed by atoms with E-state index in [1.54, 1.807) is 25.6 Å². The Balaban J connectivity index is 2.25. The molecule has 1 aliphatic rings. The molecule has 0 aromatic carbocycles. The molecule has 2 rings (SSSR count). The first-order valence-corrected chi connectivity index (χ1v) is 8.93. The first kappa shape index (κ1) is 16.5. The number of hydrogen-bond acceptors (Lipinski definition) is 4. The number of sulfonamides is 1. The summed E-state index contributed by atoms with van der Waals surface area (Å²) in [5, 5.41) is 13.3. The highest BCUT2D eigenvalue weighted by Crippen LogP contribution is 2.28. The van der Waals surface area contributed by atoms with Gasteiger partial charge >= 0.3 is 0 Å². The summed E-state index contributed by atoms with van der Waals surface area (Å²) in [4.78, 5) is 0.288. The molecular weight excluding hydrogens is 290 g/mol. The number of hydrogen-bond donors (Lipinski definition) is 1. The fourth-order valence-electron chi connectivity index (χ4n) is 3.18. The van der Waals surface area contributed by atoms with Gasteiger partial charge in [0.1, 0.15) is 4.90 Å². The minimum atomic E-state index is -3.52. The van der Waals surface area contributed by atoms with Crippen molar-refractivity contribution in [3.05, 3.63) is 11.4 Å². The third-order valence-electron chi connectivity index (χ3n) is 4.29. The first-order chi connectivity index (χ1) is 9.87. The highest BCUT2D eigenvalue weighted by atomic mass is 32.2. The molecule has 7 heteroatoms. The van der Waals surface area contributed by atoms with Crippen LogP contribution in [0.1, 0.15) is 37.1 Å². The summed E-state index contributed by atoms with van der Waals surface area (Å²) < 4.78 is 28.6. The summed E-state index contributed by atoms with van der Waals surface area (Å²) in [5.41, 5.74) is 1.10. The van der Waals surface area contributed by atoms with E-state index < -0.39 is 10.0 Å². The lowest BCUT2D eigenvalue weighted by Crippen LogP contribution is -2.32. The maximum absolute atomic E-state index is 12.8. The fourth-order valence-corrected chi connectivity index (χ4v) is 4.79. The Kier molecular flexibility index (Phi) is 5.06. The van der Waals surface area contributed by atoms with Crippen molar-refractivity contribution in [3.63, 3.8) is 0 Å². The molecule has 21 heavy (non-hydrogen) atoms. The SMILES string of the molecule is Cc1nn(CCO)c(C)c1S(=O)(=O)N(C)CC1CCCC1. The lowest BCUT2D eigenvalue weighted by atomic mass is 10.1. The predicted octanol–water partition coefficient (Wildman–Crippen LogP) is 1.30. The maximum Gasteiger partial charge on any atom is 0.246 e. The van der Waals surface area contributed by atoms with E-state index in [4.69, 9.17) is 5.11 Å². The van der Waals surface area contributed by atoms with Crippen molar-refractivity contribution < 1.29 is 13.5 Å². The minimum Gasteiger partial charge on any atom is -0.394 e. The van der Waals surface area contributed by atoms with E-state index in [9.17, 15) is 8.42 Å². The minimum absolute atomic E-state index is 0.0562. The van der Waals surface area contributed by atoms with Crippen molar-refractivity contribution in [3.8, 4) is 0 Å². The van der Waals surface area contributed by atoms with Crippen LogP contribution in [-0.4, -0.2) is 47.8 Å². The Hall–Kier alpha value is -0.920. The molecular formula is C14H25N3O3S. The van der Waals surface area contributed by atoms with Crippen LogP contribution in [-0.2, 0) is 16.6 Å². The van der Waals surface area contributed by atoms with Crippen molar-refractivity contribution in [2.75, 3.05) is 20.2 Å². The molecule has 0 amide bonds. The quantitative estimate of drug-likeness (QED) is 0.858. The largest absolute Gasteiger partial charge is 0.394 e. The molecule has 1 fully saturated rings. The Morgan fingerprint density at radius 2 is 1.95 bits per heavy atom. The number of nitrogens with zero attached hydrogens (tertiary/aromatic N) is 3. The molecule has 0 unspecified atom stereocenters. The predicted molar refractivity (Wildman–Crippen MR) is 80.6 cm³/mol. The number of aliphatic hydroxyl groups is 1. The molecule has 0 bridgehead atoms. The number of aryl methyl sites for hydroxylation is 1. The summed E-state index contributed by atoms with van der Waals surface area (Å²) in [5.74, 6) is 0.470. The molecule has 0 saturated heterocycles. The van der Waals surface area contributed by atoms with Gasteiger partial charge in [0.05, 0.1) is 24.5 Å². The summed E-state index contributed by atoms with van der Waals surface area (Å²) in [6, 6.07) is 0. The van der Waals surface area contributed by atoms with Crippen molar-refractivity contribution in [2.24, 2.45) is 5.92 Å². The third-order valence-corrected chi connectivity index (χ3v) is 6.36. The lowest BCUT2D eigenvalue weighted by Gasteiger charge is -2.21. The van der Waals surface area contributed by atoms with E-state index in [0.717, 1.165) is 12.8 Å². The van der Waals surface area contributed by atoms with Gasteiger partial charge in [-0.2, -0.15) is 5.10 Å². The normalized spacial score (nSPS) is 17.0. The second-order valence-corrected chi connectivity index (χ2v) is 7.86. The highest BCUT2D eigenvalue weighted by Gasteiger charge is 2.30. The lowest BCUT2D eigenvalue weighted by molar-refractivity contribution is 0.267. The zero-order chi connectivity index (χ0) is 15.6. The smallest absolute Gasteiger partial charge is 0.246 e. The van der Waals surface area contributed by atoms with Gasteiger partial charge < -0.3 is 5.11 Å². The van der Waals surface area contributed by atoms with Gasteiger partial charge in [0.15, 0.2) is 0 Å². The number of aliphatic hydroxyl groups excluding tert-OH is 1. The van der Waals surface area contributed by atoms with Crippen LogP contribution in [0.15, 0.2) is 4.90 Å². The molecule has 6 nitrogen and oxygen atoms in total. The molecule has 120 valence electrons. The first-order valence-electron chi connectivity index (χ1n) is 7.49. The third kappa shape index (κ3) is 3.30. The van der Waals surface area contributed by atoms with Gasteiger partial charge in [-0.05, 0) is 32.6 Å². The summed E-state index contributed by atoms with van der Waals surface area (Å²) in [7, 11) is -1.87. The van der Waals surface area contributed by atoms with Gasteiger partial charge in [-0.3, -0.25) is 4.68 Å². The van der Waals surface area contributed by atoms with E-state index in [1.165, 1.54) is 17.1 Å². The van der Waals surface area contributed by atoms with Gasteiger partial charge in [0.25, 0.3) is 0 Å². The van der Waals surface area contributed by atoms with Crippen LogP contribution in [0.3, 0.4) is 0 Å². The van der Waals surface area contributed by atoms with Crippen LogP contribution < -0.4 is 0 Å². The standard InChI is InChI=1S/C14H25N3O3S/c1-11-14(12(2)17(15-11)8-9-18)21(19,20)16(3)10-13-6-4-5-7-13/h13,18H,4-10H2,1-3H3. The van der Waals surface area contributed by atoms with Gasteiger partial charge in [0, 0.05) is 13.6 Å². The van der Waals surface area contributed by atoms with Crippen LogP contribution in [0, 0.1) is 19.8 Å². The van der Waals surface area contributed by atoms with Crippen LogP contribution in [0.25, 0.3) is 0 Å². The summed E-state index contributed by atoms with van der Waals surface area (Å²) in [6.45, 7) is 4.28. The molecule has 1 heterocycles. The van der Waals surface area contributed by atoms with E-state index in [0.29, 0.717) is 30.4 Å². The molecule has 1 aromatic rings. The molecule has 1 aliphatic carbocycles. The van der Waals surface area contributed by atoms with Crippen molar-refractivity contribution in [1.29, 1.82) is 0 Å². The molecule has 0 radical (unpaired) electrons. The van der Waals surface area contributed by atoms with Crippen LogP contribution in [0.4, 0.5) is 0 Å². The molecule has 1 aromatic heterocycles. The van der Waals surface area contributed by atoms with Crippen LogP contribution in [0.5, 0.6) is 0 Å². The highest BCUT2D eigenvalue weighted by molar-refractivity contribution is 7.89. The van der Waals surface area contributed by atoms with E-state index >= 15 is 0 Å². The molecule has 1 N–H and O–H groups in total. The molecule has 1 saturated carbocycles. The van der Waals surface area contributed by atoms with Crippen molar-refractivity contribution in [1.82, 2.24) is 14.1 Å². The average molecular weight is 315 g/mol. The zero-order valence-corrected chi connectivity index (χ0v) is 13.9. The molecule has 0 aliphatic heterocycles. The second kappa shape index (κ2) is 6.46. The Morgan fingerprint density at radius 1 is 1.33 bits per heavy atom. The zero-order valence-electron chi connectivity index (χ0n) is 13.0. The van der Waals surface area contributed by atoms with Gasteiger partial charge in [-0.1, -0.05) is 12.8 Å². The van der Waals surface area contributed by atoms with Gasteiger partial charge in [0.2, 0.25) is 10.0 Å². The van der Waals surface area contributed by atoms with E-state index in [1.807, 2.05) is 0 Å². The maximum atomic E-state index is 12.8. The number of rotatable bonds is 6. The summed E-state index contributed by atoms with van der Waals surface area (Å²) >= 11 is 0. The van der Waals surface area contributed by atoms with E-state index in [-0.39, 0.29) is 11.5 Å². The monoisotopic (exact) mass is 315 g/mol. The Labute approximate surface area is 126 Å². The second-order valence-electron chi connectivity index (χ2n) is 5.88. The Bertz CT molecular complexity index is 589. The van der Waals surface area contributed by atoms with Gasteiger partial charge in [-0.15, -0.1) is 0 Å². The van der Waals surface area contributed by atoms with Crippen molar-refractivity contribution >= 4 is 10.0 Å². The Morgan fingerprint density at radius 3 is 2.52 bits per heavy atom. The van der Waals surface area contributed by atoms with E-state index in [2.05, 4.69) is 5.10 Å². The topological polar surface area (TPSA) is 75.4 Å². The number of aromatic nitrogens is 2. The van der Waals surface area contributed by atoms with Gasteiger partial charge in [-0.25, -0.2) is 12.7 Å². The van der Waals surface area contributed by atoms with Crippen LogP contribution in [0.2, 0.25) is 0 Å². The average Bonchev–Trinajstić information content (AvgIpc) is 2.99. The summed E-state index contributed by atoms with van der Waals surface area (Å²) in [6.07, 6.45) is 4.62. The molecule has 0 spiro atoms. The van der Waals surface area contributed by atoms with Crippen molar-refractivity contribution in [2.45, 2.75) is 51.0 Å². The van der Waals surface area contributed by atoms with Crippen LogP contribution >= 0.6 is 0 Å². The fraction of sp³-hybridized carbons (Fsp3) is 0.786. The molecule has 0 atom stereocenters.